The highest BCUT2D eigenvalue weighted by Crippen LogP contribution is 2.37. The van der Waals surface area contributed by atoms with E-state index in [-0.39, 0.29) is 29.4 Å². The predicted octanol–water partition coefficient (Wildman–Crippen LogP) is 6.80. The first-order valence-electron chi connectivity index (χ1n) is 13.1. The van der Waals surface area contributed by atoms with Gasteiger partial charge in [0.2, 0.25) is 0 Å². The summed E-state index contributed by atoms with van der Waals surface area (Å²) in [6.45, 7) is 15.1. The number of nitrogens with zero attached hydrogens (tertiary/aromatic N) is 3. The van der Waals surface area contributed by atoms with Gasteiger partial charge in [0.25, 0.3) is 5.91 Å². The van der Waals surface area contributed by atoms with Gasteiger partial charge in [0, 0.05) is 30.7 Å². The number of hydrogen-bond donors (Lipinski definition) is 0. The van der Waals surface area contributed by atoms with Crippen LogP contribution in [0.4, 0.5) is 0 Å². The summed E-state index contributed by atoms with van der Waals surface area (Å²) in [5.74, 6) is 0.410. The Morgan fingerprint density at radius 1 is 1.11 bits per heavy atom. The van der Waals surface area contributed by atoms with Crippen LogP contribution >= 0.6 is 11.6 Å². The van der Waals surface area contributed by atoms with E-state index in [0.717, 1.165) is 11.4 Å². The first kappa shape index (κ1) is 29.4. The topological polar surface area (TPSA) is 62.2 Å². The normalized spacial score (nSPS) is 16.0. The van der Waals surface area contributed by atoms with Crippen molar-refractivity contribution in [2.75, 3.05) is 20.1 Å². The van der Waals surface area contributed by atoms with Crippen LogP contribution in [0.25, 0.3) is 0 Å². The number of carbonyl (C=O) groups excluding carboxylic acids is 2. The van der Waals surface area contributed by atoms with Crippen molar-refractivity contribution in [3.63, 3.8) is 0 Å². The van der Waals surface area contributed by atoms with Gasteiger partial charge in [-0.15, -0.1) is 0 Å². The van der Waals surface area contributed by atoms with E-state index in [1.165, 1.54) is 5.56 Å². The van der Waals surface area contributed by atoms with Crippen LogP contribution in [-0.4, -0.2) is 53.8 Å². The number of esters is 1. The van der Waals surface area contributed by atoms with Gasteiger partial charge in [0.05, 0.1) is 23.4 Å². The minimum absolute atomic E-state index is 0.0159. The molecule has 0 N–H and O–H groups in total. The van der Waals surface area contributed by atoms with Gasteiger partial charge < -0.3 is 14.5 Å². The van der Waals surface area contributed by atoms with E-state index in [2.05, 4.69) is 30.7 Å². The Bertz CT molecular complexity index is 1230. The summed E-state index contributed by atoms with van der Waals surface area (Å²) in [6, 6.07) is 15.0. The molecule has 2 aromatic rings. The van der Waals surface area contributed by atoms with Gasteiger partial charge in [-0.1, -0.05) is 56.6 Å². The van der Waals surface area contributed by atoms with Crippen molar-refractivity contribution in [1.82, 2.24) is 9.80 Å². The molecule has 38 heavy (non-hydrogen) atoms. The summed E-state index contributed by atoms with van der Waals surface area (Å²) < 4.78 is 5.60. The lowest BCUT2D eigenvalue weighted by atomic mass is 9.86. The highest BCUT2D eigenvalue weighted by Gasteiger charge is 2.35. The predicted molar refractivity (Wildman–Crippen MR) is 155 cm³/mol. The van der Waals surface area contributed by atoms with Crippen LogP contribution in [0.1, 0.15) is 82.4 Å². The van der Waals surface area contributed by atoms with Crippen LogP contribution in [0.5, 0.6) is 0 Å². The molecular formula is C31H40ClN3O3. The molecule has 7 heteroatoms. The second-order valence-electron chi connectivity index (χ2n) is 11.2. The van der Waals surface area contributed by atoms with Crippen molar-refractivity contribution in [3.05, 3.63) is 81.5 Å². The molecule has 0 saturated heterocycles. The van der Waals surface area contributed by atoms with E-state index in [1.54, 1.807) is 4.90 Å². The molecule has 1 amide bonds. The van der Waals surface area contributed by atoms with Gasteiger partial charge in [-0.3, -0.25) is 4.79 Å². The lowest BCUT2D eigenvalue weighted by Crippen LogP contribution is -2.41. The summed E-state index contributed by atoms with van der Waals surface area (Å²) in [7, 11) is 1.82. The smallest absolute Gasteiger partial charge is 0.338 e. The Hall–Kier alpha value is -3.12. The van der Waals surface area contributed by atoms with E-state index in [1.807, 2.05) is 83.3 Å². The van der Waals surface area contributed by atoms with Crippen LogP contribution in [0.3, 0.4) is 0 Å². The monoisotopic (exact) mass is 537 g/mol. The quantitative estimate of drug-likeness (QED) is 0.347. The van der Waals surface area contributed by atoms with Crippen molar-refractivity contribution in [2.24, 2.45) is 4.99 Å². The number of hydrogen-bond acceptors (Lipinski definition) is 5. The SMILES string of the molecule is CC1=NC(C)=C(C(=O)OC(C)C)C(c2cccc(Cl)c2)N1CCCN(C)C(=O)c1ccc(C(C)(C)C)cc1. The maximum Gasteiger partial charge on any atom is 0.338 e. The minimum atomic E-state index is -0.386. The maximum atomic E-state index is 13.2. The largest absolute Gasteiger partial charge is 0.459 e. The average molecular weight is 538 g/mol. The lowest BCUT2D eigenvalue weighted by Gasteiger charge is -2.38. The molecule has 2 aromatic carbocycles. The second kappa shape index (κ2) is 12.2. The summed E-state index contributed by atoms with van der Waals surface area (Å²) in [6.07, 6.45) is 0.443. The van der Waals surface area contributed by atoms with E-state index >= 15 is 0 Å². The van der Waals surface area contributed by atoms with Gasteiger partial charge in [0.1, 0.15) is 5.84 Å². The molecule has 0 aliphatic carbocycles. The number of halogens is 1. The first-order chi connectivity index (χ1) is 17.8. The average Bonchev–Trinajstić information content (AvgIpc) is 2.83. The molecule has 1 unspecified atom stereocenters. The van der Waals surface area contributed by atoms with Gasteiger partial charge in [0.15, 0.2) is 0 Å². The van der Waals surface area contributed by atoms with Crippen molar-refractivity contribution < 1.29 is 14.3 Å². The lowest BCUT2D eigenvalue weighted by molar-refractivity contribution is -0.143. The molecule has 1 aliphatic rings. The van der Waals surface area contributed by atoms with Gasteiger partial charge in [-0.05, 0) is 74.9 Å². The standard InChI is InChI=1S/C31H40ClN3O3/c1-20(2)38-30(37)27-21(3)33-22(4)35(28(27)24-11-9-12-26(32)19-24)18-10-17-34(8)29(36)23-13-15-25(16-14-23)31(5,6)7/h9,11-16,19-20,28H,10,17-18H2,1-8H3. The van der Waals surface area contributed by atoms with Gasteiger partial charge in [-0.2, -0.15) is 0 Å². The van der Waals surface area contributed by atoms with Crippen molar-refractivity contribution in [1.29, 1.82) is 0 Å². The number of amidine groups is 1. The number of aliphatic imine (C=N–C) groups is 1. The van der Waals surface area contributed by atoms with Crippen LogP contribution in [0, 0.1) is 0 Å². The van der Waals surface area contributed by atoms with E-state index in [9.17, 15) is 9.59 Å². The Balaban J connectivity index is 1.78. The van der Waals surface area contributed by atoms with Crippen molar-refractivity contribution >= 4 is 29.3 Å². The molecule has 1 aliphatic heterocycles. The fourth-order valence-corrected chi connectivity index (χ4v) is 4.87. The second-order valence-corrected chi connectivity index (χ2v) is 11.6. The molecule has 6 nitrogen and oxygen atoms in total. The molecule has 1 heterocycles. The molecule has 0 saturated carbocycles. The van der Waals surface area contributed by atoms with E-state index < -0.39 is 0 Å². The molecule has 3 rings (SSSR count). The minimum Gasteiger partial charge on any atom is -0.459 e. The number of rotatable bonds is 8. The molecule has 0 radical (unpaired) electrons. The van der Waals surface area contributed by atoms with Crippen LogP contribution in [-0.2, 0) is 14.9 Å². The van der Waals surface area contributed by atoms with E-state index in [0.29, 0.717) is 41.4 Å². The van der Waals surface area contributed by atoms with Crippen molar-refractivity contribution in [2.45, 2.75) is 72.4 Å². The third kappa shape index (κ3) is 7.04. The summed E-state index contributed by atoms with van der Waals surface area (Å²) >= 11 is 6.34. The molecular weight excluding hydrogens is 498 g/mol. The number of allylic oxidation sites excluding steroid dienone is 1. The fourth-order valence-electron chi connectivity index (χ4n) is 4.67. The van der Waals surface area contributed by atoms with E-state index in [4.69, 9.17) is 16.3 Å². The molecule has 1 atom stereocenters. The Morgan fingerprint density at radius 2 is 1.76 bits per heavy atom. The zero-order valence-corrected chi connectivity index (χ0v) is 24.6. The van der Waals surface area contributed by atoms with Crippen molar-refractivity contribution in [3.8, 4) is 0 Å². The molecule has 0 fully saturated rings. The van der Waals surface area contributed by atoms with Crippen LogP contribution in [0.15, 0.2) is 64.8 Å². The number of amides is 1. The number of benzene rings is 2. The van der Waals surface area contributed by atoms with Gasteiger partial charge >= 0.3 is 5.97 Å². The Morgan fingerprint density at radius 3 is 2.34 bits per heavy atom. The highest BCUT2D eigenvalue weighted by atomic mass is 35.5. The molecule has 0 aromatic heterocycles. The Labute approximate surface area is 232 Å². The first-order valence-corrected chi connectivity index (χ1v) is 13.5. The summed E-state index contributed by atoms with van der Waals surface area (Å²) in [5.41, 5.74) is 3.94. The maximum absolute atomic E-state index is 13.2. The van der Waals surface area contributed by atoms with Crippen LogP contribution < -0.4 is 0 Å². The molecule has 204 valence electrons. The van der Waals surface area contributed by atoms with Gasteiger partial charge in [-0.25, -0.2) is 9.79 Å². The Kier molecular flexibility index (Phi) is 9.42. The highest BCUT2D eigenvalue weighted by molar-refractivity contribution is 6.30. The zero-order valence-electron chi connectivity index (χ0n) is 23.8. The number of carbonyl (C=O) groups is 2. The third-order valence-corrected chi connectivity index (χ3v) is 6.92. The van der Waals surface area contributed by atoms with Crippen LogP contribution in [0.2, 0.25) is 5.02 Å². The zero-order chi connectivity index (χ0) is 28.2. The summed E-state index contributed by atoms with van der Waals surface area (Å²) in [4.78, 5) is 34.8. The summed E-state index contributed by atoms with van der Waals surface area (Å²) in [5, 5.41) is 0.597. The third-order valence-electron chi connectivity index (χ3n) is 6.68. The number of ether oxygens (including phenoxy) is 1. The fraction of sp³-hybridized carbons (Fsp3) is 0.452. The molecule has 0 bridgehead atoms. The molecule has 0 spiro atoms.